The summed E-state index contributed by atoms with van der Waals surface area (Å²) >= 11 is 1.14. The molecule has 0 saturated heterocycles. The Labute approximate surface area is 175 Å². The normalized spacial score (nSPS) is 14.4. The number of benzene rings is 2. The lowest BCUT2D eigenvalue weighted by Gasteiger charge is -2.28. The molecule has 1 amide bonds. The van der Waals surface area contributed by atoms with Crippen molar-refractivity contribution >= 4 is 33.0 Å². The fraction of sp³-hybridized carbons (Fsp3) is 0.227. The molecule has 0 radical (unpaired) electrons. The van der Waals surface area contributed by atoms with Crippen molar-refractivity contribution < 1.29 is 13.2 Å². The molecule has 0 spiro atoms. The third kappa shape index (κ3) is 3.85. The first-order chi connectivity index (χ1) is 13.9. The van der Waals surface area contributed by atoms with Crippen LogP contribution in [0.2, 0.25) is 0 Å². The molecule has 4 rings (SSSR count). The third-order valence-corrected chi connectivity index (χ3v) is 8.11. The summed E-state index contributed by atoms with van der Waals surface area (Å²) < 4.78 is 28.1. The summed E-state index contributed by atoms with van der Waals surface area (Å²) in [7, 11) is -3.76. The second-order valence-corrected chi connectivity index (χ2v) is 10.1. The number of amides is 1. The molecular weight excluding hydrogens is 404 g/mol. The van der Waals surface area contributed by atoms with Crippen LogP contribution in [0.5, 0.6) is 0 Å². The van der Waals surface area contributed by atoms with Crippen LogP contribution in [0.4, 0.5) is 5.69 Å². The number of thiophene rings is 1. The quantitative estimate of drug-likeness (QED) is 0.674. The molecule has 1 aliphatic heterocycles. The molecule has 3 aromatic rings. The molecule has 7 heteroatoms. The van der Waals surface area contributed by atoms with Gasteiger partial charge in [0.05, 0.1) is 0 Å². The van der Waals surface area contributed by atoms with Crippen molar-refractivity contribution in [2.45, 2.75) is 31.7 Å². The first kappa shape index (κ1) is 19.8. The number of fused-ring (bicyclic) bond motifs is 1. The van der Waals surface area contributed by atoms with Crippen molar-refractivity contribution in [2.75, 3.05) is 11.9 Å². The Balaban J connectivity index is 1.60. The van der Waals surface area contributed by atoms with Gasteiger partial charge in [-0.05, 0) is 54.5 Å². The lowest BCUT2D eigenvalue weighted by atomic mass is 10.0. The minimum absolute atomic E-state index is 0.0733. The van der Waals surface area contributed by atoms with Gasteiger partial charge in [0.2, 0.25) is 10.0 Å². The summed E-state index contributed by atoms with van der Waals surface area (Å²) in [6, 6.07) is 15.1. The number of aryl methyl sites for hydroxylation is 2. The van der Waals surface area contributed by atoms with E-state index in [0.717, 1.165) is 28.0 Å². The number of nitrogens with zero attached hydrogens (tertiary/aromatic N) is 1. The smallest absolute Gasteiger partial charge is 0.267 e. The summed E-state index contributed by atoms with van der Waals surface area (Å²) in [5, 5.41) is 4.51. The number of carbonyl (C=O) groups is 1. The second-order valence-electron chi connectivity index (χ2n) is 7.24. The lowest BCUT2D eigenvalue weighted by molar-refractivity contribution is 0.102. The largest absolute Gasteiger partial charge is 0.321 e. The summed E-state index contributed by atoms with van der Waals surface area (Å²) in [5.41, 5.74) is 4.91. The fourth-order valence-electron chi connectivity index (χ4n) is 3.61. The van der Waals surface area contributed by atoms with Crippen molar-refractivity contribution in [3.63, 3.8) is 0 Å². The number of sulfonamides is 1. The summed E-state index contributed by atoms with van der Waals surface area (Å²) in [6.07, 6.45) is 0.670. The van der Waals surface area contributed by atoms with Gasteiger partial charge in [0.25, 0.3) is 5.91 Å². The molecule has 1 N–H and O–H groups in total. The Morgan fingerprint density at radius 1 is 1.07 bits per heavy atom. The number of anilines is 1. The molecule has 2 heterocycles. The molecule has 0 aliphatic carbocycles. The maximum absolute atomic E-state index is 13.3. The average molecular weight is 427 g/mol. The van der Waals surface area contributed by atoms with Gasteiger partial charge in [0.1, 0.15) is 9.77 Å². The fourth-order valence-corrected chi connectivity index (χ4v) is 6.33. The number of carbonyl (C=O) groups excluding carboxylic acids is 1. The van der Waals surface area contributed by atoms with E-state index in [1.54, 1.807) is 5.38 Å². The molecular formula is C22H22N2O3S2. The zero-order chi connectivity index (χ0) is 20.6. The van der Waals surface area contributed by atoms with Crippen LogP contribution < -0.4 is 5.32 Å². The van der Waals surface area contributed by atoms with Crippen LogP contribution >= 0.6 is 11.3 Å². The van der Waals surface area contributed by atoms with Crippen LogP contribution in [0.1, 0.15) is 31.9 Å². The van der Waals surface area contributed by atoms with Crippen molar-refractivity contribution in [1.29, 1.82) is 0 Å². The highest BCUT2D eigenvalue weighted by molar-refractivity contribution is 7.89. The van der Waals surface area contributed by atoms with E-state index in [9.17, 15) is 13.2 Å². The van der Waals surface area contributed by atoms with Crippen LogP contribution in [-0.2, 0) is 23.0 Å². The average Bonchev–Trinajstić information content (AvgIpc) is 3.20. The number of rotatable bonds is 4. The highest BCUT2D eigenvalue weighted by atomic mass is 32.2. The van der Waals surface area contributed by atoms with Crippen molar-refractivity contribution in [3.05, 3.63) is 81.0 Å². The lowest BCUT2D eigenvalue weighted by Crippen LogP contribution is -2.36. The molecule has 29 heavy (non-hydrogen) atoms. The zero-order valence-electron chi connectivity index (χ0n) is 16.3. The first-order valence-electron chi connectivity index (χ1n) is 9.39. The number of nitrogens with one attached hydrogen (secondary N) is 1. The van der Waals surface area contributed by atoms with Gasteiger partial charge in [-0.15, -0.1) is 11.3 Å². The van der Waals surface area contributed by atoms with Gasteiger partial charge >= 0.3 is 0 Å². The Kier molecular flexibility index (Phi) is 5.29. The summed E-state index contributed by atoms with van der Waals surface area (Å²) in [4.78, 5) is 13.2. The van der Waals surface area contributed by atoms with Crippen LogP contribution in [0.3, 0.4) is 0 Å². The van der Waals surface area contributed by atoms with Crippen molar-refractivity contribution in [3.8, 4) is 0 Å². The van der Waals surface area contributed by atoms with Gasteiger partial charge in [-0.1, -0.05) is 42.0 Å². The van der Waals surface area contributed by atoms with E-state index in [1.165, 1.54) is 15.9 Å². The summed E-state index contributed by atoms with van der Waals surface area (Å²) in [6.45, 7) is 4.64. The number of hydrogen-bond donors (Lipinski definition) is 1. The van der Waals surface area contributed by atoms with Crippen LogP contribution in [0, 0.1) is 13.8 Å². The summed E-state index contributed by atoms with van der Waals surface area (Å²) in [5.74, 6) is -0.400. The van der Waals surface area contributed by atoms with Crippen molar-refractivity contribution in [1.82, 2.24) is 4.31 Å². The molecule has 0 atom stereocenters. The molecule has 1 aromatic heterocycles. The monoisotopic (exact) mass is 426 g/mol. The van der Waals surface area contributed by atoms with Gasteiger partial charge < -0.3 is 5.32 Å². The van der Waals surface area contributed by atoms with E-state index < -0.39 is 15.9 Å². The van der Waals surface area contributed by atoms with E-state index in [-0.39, 0.29) is 9.77 Å². The van der Waals surface area contributed by atoms with Gasteiger partial charge in [-0.3, -0.25) is 4.79 Å². The van der Waals surface area contributed by atoms with Gasteiger partial charge in [-0.2, -0.15) is 4.31 Å². The maximum Gasteiger partial charge on any atom is 0.267 e. The molecule has 1 aliphatic rings. The van der Waals surface area contributed by atoms with E-state index in [1.807, 2.05) is 56.3 Å². The van der Waals surface area contributed by atoms with Gasteiger partial charge in [0, 0.05) is 18.8 Å². The predicted molar refractivity (Wildman–Crippen MR) is 116 cm³/mol. The Bertz CT molecular complexity index is 1180. The molecule has 5 nitrogen and oxygen atoms in total. The van der Waals surface area contributed by atoms with Crippen LogP contribution in [-0.4, -0.2) is 25.2 Å². The second kappa shape index (κ2) is 7.74. The topological polar surface area (TPSA) is 66.5 Å². The Hall–Kier alpha value is -2.48. The predicted octanol–water partition coefficient (Wildman–Crippen LogP) is 4.36. The third-order valence-electron chi connectivity index (χ3n) is 5.18. The molecule has 150 valence electrons. The van der Waals surface area contributed by atoms with Crippen molar-refractivity contribution in [2.24, 2.45) is 0 Å². The molecule has 0 unspecified atom stereocenters. The highest BCUT2D eigenvalue weighted by Crippen LogP contribution is 2.30. The Morgan fingerprint density at radius 2 is 1.83 bits per heavy atom. The zero-order valence-corrected chi connectivity index (χ0v) is 17.9. The standard InChI is InChI=1S/C22H22N2O3S2/c1-15-7-8-19(16(2)13-15)23-22(25)21-20(10-12-28-21)29(26,27)24-11-9-17-5-3-4-6-18(17)14-24/h3-8,10,12-13H,9,11,14H2,1-2H3,(H,23,25). The van der Waals surface area contributed by atoms with Gasteiger partial charge in [-0.25, -0.2) is 8.42 Å². The van der Waals surface area contributed by atoms with E-state index in [0.29, 0.717) is 25.2 Å². The van der Waals surface area contributed by atoms with Crippen LogP contribution in [0.15, 0.2) is 58.8 Å². The van der Waals surface area contributed by atoms with E-state index >= 15 is 0 Å². The first-order valence-corrected chi connectivity index (χ1v) is 11.7. The molecule has 0 bridgehead atoms. The molecule has 0 saturated carbocycles. The number of hydrogen-bond acceptors (Lipinski definition) is 4. The SMILES string of the molecule is Cc1ccc(NC(=O)c2sccc2S(=O)(=O)N2CCc3ccccc3C2)c(C)c1. The van der Waals surface area contributed by atoms with Crippen LogP contribution in [0.25, 0.3) is 0 Å². The highest BCUT2D eigenvalue weighted by Gasteiger charge is 2.32. The minimum atomic E-state index is -3.76. The van der Waals surface area contributed by atoms with Gasteiger partial charge in [0.15, 0.2) is 0 Å². The molecule has 0 fully saturated rings. The maximum atomic E-state index is 13.3. The minimum Gasteiger partial charge on any atom is -0.321 e. The Morgan fingerprint density at radius 3 is 2.59 bits per heavy atom. The molecule has 2 aromatic carbocycles. The van der Waals surface area contributed by atoms with E-state index in [2.05, 4.69) is 5.32 Å². The van der Waals surface area contributed by atoms with E-state index in [4.69, 9.17) is 0 Å².